The Morgan fingerprint density at radius 2 is 0.629 bits per heavy atom. The van der Waals surface area contributed by atoms with Crippen molar-refractivity contribution in [3.63, 3.8) is 0 Å². The smallest absolute Gasteiger partial charge is 0.160 e. The Labute approximate surface area is 358 Å². The first kappa shape index (κ1) is 35.6. The van der Waals surface area contributed by atoms with Gasteiger partial charge in [0.2, 0.25) is 0 Å². The number of rotatable bonds is 6. The number of hydrogen-bond donors (Lipinski definition) is 0. The Hall–Kier alpha value is -8.34. The summed E-state index contributed by atoms with van der Waals surface area (Å²) >= 11 is 0. The van der Waals surface area contributed by atoms with Crippen LogP contribution in [-0.4, -0.2) is 19.9 Å². The molecular weight excluding hydrogens is 753 g/mol. The molecule has 0 bridgehead atoms. The third kappa shape index (κ3) is 6.08. The summed E-state index contributed by atoms with van der Waals surface area (Å²) in [5.41, 5.74) is 14.1. The van der Waals surface area contributed by atoms with Crippen molar-refractivity contribution >= 4 is 54.3 Å². The lowest BCUT2D eigenvalue weighted by atomic mass is 9.93. The van der Waals surface area contributed by atoms with Crippen LogP contribution < -0.4 is 0 Å². The van der Waals surface area contributed by atoms with Gasteiger partial charge in [0.05, 0.1) is 33.6 Å². The molecule has 62 heavy (non-hydrogen) atoms. The largest absolute Gasteiger partial charge is 0.247 e. The van der Waals surface area contributed by atoms with Gasteiger partial charge in [0.1, 0.15) is 0 Å². The molecule has 0 fully saturated rings. The first-order chi connectivity index (χ1) is 30.7. The number of hydrogen-bond acceptors (Lipinski definition) is 4. The van der Waals surface area contributed by atoms with Gasteiger partial charge in [0.15, 0.2) is 5.82 Å². The fraction of sp³-hybridized carbons (Fsp3) is 0. The maximum atomic E-state index is 5.46. The molecule has 0 atom stereocenters. The second kappa shape index (κ2) is 14.7. The van der Waals surface area contributed by atoms with E-state index < -0.39 is 0 Å². The summed E-state index contributed by atoms with van der Waals surface area (Å²) in [5, 5.41) is 7.94. The highest BCUT2D eigenvalue weighted by molar-refractivity contribution is 6.12. The monoisotopic (exact) mass is 788 g/mol. The molecule has 0 saturated heterocycles. The molecule has 0 amide bonds. The minimum atomic E-state index is 0.659. The Morgan fingerprint density at radius 1 is 0.226 bits per heavy atom. The molecule has 0 aliphatic rings. The van der Waals surface area contributed by atoms with Crippen molar-refractivity contribution in [2.24, 2.45) is 0 Å². The predicted octanol–water partition coefficient (Wildman–Crippen LogP) is 15.0. The molecule has 12 aromatic rings. The van der Waals surface area contributed by atoms with E-state index in [1.54, 1.807) is 0 Å². The molecule has 3 heterocycles. The standard InChI is InChI=1S/C58H36N4/c1-3-15-37(16-4-1)43-35-50(38-17-5-2-6-18-38)57-51(36-43)56(41-29-27-39(28-30-41)54-48-23-9-7-19-44(48)46-21-11-13-25-52(46)59-54)61-58(62-57)42-33-31-40(32-34-42)55-49-24-10-8-20-45(49)47-22-12-14-26-53(47)60-55/h1-36H. The first-order valence-corrected chi connectivity index (χ1v) is 21.0. The van der Waals surface area contributed by atoms with Gasteiger partial charge in [-0.25, -0.2) is 19.9 Å². The second-order valence-corrected chi connectivity index (χ2v) is 15.7. The van der Waals surface area contributed by atoms with Crippen LogP contribution in [0.4, 0.5) is 0 Å². The number of nitrogens with zero attached hydrogens (tertiary/aromatic N) is 4. The highest BCUT2D eigenvalue weighted by atomic mass is 14.9. The van der Waals surface area contributed by atoms with E-state index >= 15 is 0 Å². The average Bonchev–Trinajstić information content (AvgIpc) is 3.36. The van der Waals surface area contributed by atoms with Gasteiger partial charge in [-0.2, -0.15) is 0 Å². The maximum Gasteiger partial charge on any atom is 0.160 e. The zero-order valence-corrected chi connectivity index (χ0v) is 33.6. The Kier molecular flexibility index (Phi) is 8.46. The van der Waals surface area contributed by atoms with E-state index in [0.29, 0.717) is 5.82 Å². The lowest BCUT2D eigenvalue weighted by Crippen LogP contribution is -1.98. The van der Waals surface area contributed by atoms with Crippen molar-refractivity contribution < 1.29 is 0 Å². The normalized spacial score (nSPS) is 11.5. The summed E-state index contributed by atoms with van der Waals surface area (Å²) in [5.74, 6) is 0.659. The van der Waals surface area contributed by atoms with E-state index in [1.165, 1.54) is 10.8 Å². The Balaban J connectivity index is 1.05. The Morgan fingerprint density at radius 3 is 1.15 bits per heavy atom. The molecule has 0 radical (unpaired) electrons. The SMILES string of the molecule is c1ccc(-c2cc(-c3ccccc3)c3nc(-c4ccc(-c5nc6ccccc6c6ccccc56)cc4)nc(-c4ccc(-c5nc6ccccc6c6ccccc56)cc4)c3c2)cc1. The summed E-state index contributed by atoms with van der Waals surface area (Å²) in [6.45, 7) is 0. The number of benzene rings is 9. The lowest BCUT2D eigenvalue weighted by Gasteiger charge is -2.16. The Bertz CT molecular complexity index is 3660. The summed E-state index contributed by atoms with van der Waals surface area (Å²) in [7, 11) is 0. The topological polar surface area (TPSA) is 51.6 Å². The molecule has 4 heteroatoms. The van der Waals surface area contributed by atoms with Gasteiger partial charge in [-0.1, -0.05) is 194 Å². The number of fused-ring (bicyclic) bond motifs is 7. The van der Waals surface area contributed by atoms with Gasteiger partial charge in [0, 0.05) is 54.7 Å². The molecule has 0 saturated carbocycles. The molecule has 0 aliphatic heterocycles. The number of pyridine rings is 2. The van der Waals surface area contributed by atoms with Crippen molar-refractivity contribution in [2.45, 2.75) is 0 Å². The molecule has 3 aromatic heterocycles. The van der Waals surface area contributed by atoms with E-state index in [2.05, 4.69) is 212 Å². The van der Waals surface area contributed by atoms with Gasteiger partial charge < -0.3 is 0 Å². The second-order valence-electron chi connectivity index (χ2n) is 15.7. The van der Waals surface area contributed by atoms with Crippen LogP contribution in [0.5, 0.6) is 0 Å². The number of para-hydroxylation sites is 2. The minimum absolute atomic E-state index is 0.659. The van der Waals surface area contributed by atoms with Crippen LogP contribution in [0.3, 0.4) is 0 Å². The van der Waals surface area contributed by atoms with Gasteiger partial charge in [0.25, 0.3) is 0 Å². The summed E-state index contributed by atoms with van der Waals surface area (Å²) in [6, 6.07) is 76.8. The molecule has 0 spiro atoms. The lowest BCUT2D eigenvalue weighted by molar-refractivity contribution is 1.23. The summed E-state index contributed by atoms with van der Waals surface area (Å²) < 4.78 is 0. The van der Waals surface area contributed by atoms with Crippen molar-refractivity contribution in [1.82, 2.24) is 19.9 Å². The molecular formula is C58H36N4. The minimum Gasteiger partial charge on any atom is -0.247 e. The van der Waals surface area contributed by atoms with E-state index in [0.717, 1.165) is 105 Å². The average molecular weight is 789 g/mol. The van der Waals surface area contributed by atoms with E-state index in [9.17, 15) is 0 Å². The fourth-order valence-corrected chi connectivity index (χ4v) is 9.03. The summed E-state index contributed by atoms with van der Waals surface area (Å²) in [4.78, 5) is 21.3. The zero-order valence-electron chi connectivity index (χ0n) is 33.6. The van der Waals surface area contributed by atoms with Crippen LogP contribution in [-0.2, 0) is 0 Å². The highest BCUT2D eigenvalue weighted by Gasteiger charge is 2.19. The van der Waals surface area contributed by atoms with Gasteiger partial charge >= 0.3 is 0 Å². The predicted molar refractivity (Wildman–Crippen MR) is 258 cm³/mol. The van der Waals surface area contributed by atoms with E-state index in [1.807, 2.05) is 6.07 Å². The van der Waals surface area contributed by atoms with Crippen molar-refractivity contribution in [3.05, 3.63) is 218 Å². The van der Waals surface area contributed by atoms with E-state index in [4.69, 9.17) is 19.9 Å². The van der Waals surface area contributed by atoms with Gasteiger partial charge in [-0.05, 0) is 51.7 Å². The van der Waals surface area contributed by atoms with Crippen LogP contribution in [0.2, 0.25) is 0 Å². The van der Waals surface area contributed by atoms with Crippen molar-refractivity contribution in [2.75, 3.05) is 0 Å². The van der Waals surface area contributed by atoms with Gasteiger partial charge in [-0.15, -0.1) is 0 Å². The maximum absolute atomic E-state index is 5.46. The molecule has 0 unspecified atom stereocenters. The van der Waals surface area contributed by atoms with Crippen LogP contribution >= 0.6 is 0 Å². The molecule has 12 rings (SSSR count). The molecule has 0 N–H and O–H groups in total. The highest BCUT2D eigenvalue weighted by Crippen LogP contribution is 2.40. The third-order valence-corrected chi connectivity index (χ3v) is 12.1. The zero-order chi connectivity index (χ0) is 41.0. The van der Waals surface area contributed by atoms with Crippen molar-refractivity contribution in [3.8, 4) is 67.4 Å². The van der Waals surface area contributed by atoms with Gasteiger partial charge in [-0.3, -0.25) is 0 Å². The molecule has 288 valence electrons. The van der Waals surface area contributed by atoms with Crippen molar-refractivity contribution in [1.29, 1.82) is 0 Å². The fourth-order valence-electron chi connectivity index (χ4n) is 9.03. The molecule has 4 nitrogen and oxygen atoms in total. The quantitative estimate of drug-likeness (QED) is 0.158. The summed E-state index contributed by atoms with van der Waals surface area (Å²) in [6.07, 6.45) is 0. The number of aromatic nitrogens is 4. The molecule has 0 aliphatic carbocycles. The van der Waals surface area contributed by atoms with Crippen LogP contribution in [0.1, 0.15) is 0 Å². The van der Waals surface area contributed by atoms with Crippen LogP contribution in [0.15, 0.2) is 218 Å². The first-order valence-electron chi connectivity index (χ1n) is 21.0. The third-order valence-electron chi connectivity index (χ3n) is 12.1. The molecule has 9 aromatic carbocycles. The van der Waals surface area contributed by atoms with Crippen LogP contribution in [0, 0.1) is 0 Å². The van der Waals surface area contributed by atoms with E-state index in [-0.39, 0.29) is 0 Å². The van der Waals surface area contributed by atoms with Crippen LogP contribution in [0.25, 0.3) is 122 Å².